The number of rotatable bonds is 3. The average molecular weight is 249 g/mol. The van der Waals surface area contributed by atoms with E-state index in [0.29, 0.717) is 12.1 Å². The predicted molar refractivity (Wildman–Crippen MR) is 77.7 cm³/mol. The molecule has 1 fully saturated rings. The first-order chi connectivity index (χ1) is 8.18. The topological polar surface area (TPSA) is 12.0 Å². The SMILES string of the molecule is Cc1ccccc1[C@@H](C)NC1CCCSC1C. The molecule has 1 saturated heterocycles. The number of aryl methyl sites for hydroxylation is 1. The van der Waals surface area contributed by atoms with Crippen LogP contribution in [0, 0.1) is 6.92 Å². The maximum absolute atomic E-state index is 3.80. The summed E-state index contributed by atoms with van der Waals surface area (Å²) in [5.41, 5.74) is 2.83. The highest BCUT2D eigenvalue weighted by atomic mass is 32.2. The predicted octanol–water partition coefficient (Wildman–Crippen LogP) is 3.93. The minimum atomic E-state index is 0.461. The molecule has 1 aliphatic rings. The van der Waals surface area contributed by atoms with Gasteiger partial charge in [-0.1, -0.05) is 31.2 Å². The Bertz CT molecular complexity index is 364. The number of thioether (sulfide) groups is 1. The van der Waals surface area contributed by atoms with E-state index >= 15 is 0 Å². The maximum atomic E-state index is 3.80. The summed E-state index contributed by atoms with van der Waals surface area (Å²) in [5, 5.41) is 4.55. The Morgan fingerprint density at radius 1 is 1.35 bits per heavy atom. The molecule has 1 nitrogen and oxygen atoms in total. The minimum Gasteiger partial charge on any atom is -0.306 e. The Balaban J connectivity index is 2.01. The van der Waals surface area contributed by atoms with Crippen molar-refractivity contribution >= 4 is 11.8 Å². The van der Waals surface area contributed by atoms with E-state index in [1.165, 1.54) is 29.7 Å². The average Bonchev–Trinajstić information content (AvgIpc) is 2.32. The van der Waals surface area contributed by atoms with Gasteiger partial charge in [0.15, 0.2) is 0 Å². The van der Waals surface area contributed by atoms with Crippen LogP contribution in [0.2, 0.25) is 0 Å². The zero-order chi connectivity index (χ0) is 12.3. The van der Waals surface area contributed by atoms with Crippen molar-refractivity contribution in [1.82, 2.24) is 5.32 Å². The van der Waals surface area contributed by atoms with Crippen molar-refractivity contribution in [3.05, 3.63) is 35.4 Å². The van der Waals surface area contributed by atoms with Crippen molar-refractivity contribution < 1.29 is 0 Å². The monoisotopic (exact) mass is 249 g/mol. The van der Waals surface area contributed by atoms with Gasteiger partial charge in [0.05, 0.1) is 0 Å². The molecule has 0 amide bonds. The maximum Gasteiger partial charge on any atom is 0.0297 e. The van der Waals surface area contributed by atoms with Gasteiger partial charge in [-0.05, 0) is 43.6 Å². The van der Waals surface area contributed by atoms with Gasteiger partial charge in [-0.3, -0.25) is 0 Å². The number of nitrogens with one attached hydrogen (secondary N) is 1. The molecule has 2 unspecified atom stereocenters. The Kier molecular flexibility index (Phi) is 4.52. The molecule has 0 saturated carbocycles. The van der Waals surface area contributed by atoms with Crippen LogP contribution in [0.25, 0.3) is 0 Å². The largest absolute Gasteiger partial charge is 0.306 e. The molecule has 0 spiro atoms. The summed E-state index contributed by atoms with van der Waals surface area (Å²) in [6.45, 7) is 6.84. The van der Waals surface area contributed by atoms with Gasteiger partial charge in [-0.25, -0.2) is 0 Å². The van der Waals surface area contributed by atoms with Crippen molar-refractivity contribution in [1.29, 1.82) is 0 Å². The van der Waals surface area contributed by atoms with Gasteiger partial charge in [0, 0.05) is 17.3 Å². The molecule has 1 heterocycles. The van der Waals surface area contributed by atoms with E-state index in [2.05, 4.69) is 62.1 Å². The summed E-state index contributed by atoms with van der Waals surface area (Å²) < 4.78 is 0. The van der Waals surface area contributed by atoms with Crippen LogP contribution in [0.5, 0.6) is 0 Å². The Hall–Kier alpha value is -0.470. The second kappa shape index (κ2) is 5.92. The summed E-state index contributed by atoms with van der Waals surface area (Å²) in [5.74, 6) is 1.33. The summed E-state index contributed by atoms with van der Waals surface area (Å²) >= 11 is 2.11. The molecule has 1 N–H and O–H groups in total. The molecule has 0 aliphatic carbocycles. The summed E-state index contributed by atoms with van der Waals surface area (Å²) in [4.78, 5) is 0. The molecule has 2 heteroatoms. The van der Waals surface area contributed by atoms with Crippen molar-refractivity contribution in [2.75, 3.05) is 5.75 Å². The van der Waals surface area contributed by atoms with E-state index in [-0.39, 0.29) is 0 Å². The molecule has 0 radical (unpaired) electrons. The van der Waals surface area contributed by atoms with Crippen LogP contribution in [-0.4, -0.2) is 17.0 Å². The number of hydrogen-bond acceptors (Lipinski definition) is 2. The Morgan fingerprint density at radius 2 is 2.12 bits per heavy atom. The van der Waals surface area contributed by atoms with E-state index < -0.39 is 0 Å². The van der Waals surface area contributed by atoms with Gasteiger partial charge in [0.1, 0.15) is 0 Å². The van der Waals surface area contributed by atoms with Crippen molar-refractivity contribution in [3.8, 4) is 0 Å². The van der Waals surface area contributed by atoms with Gasteiger partial charge >= 0.3 is 0 Å². The van der Waals surface area contributed by atoms with Crippen LogP contribution in [0.4, 0.5) is 0 Å². The first-order valence-electron chi connectivity index (χ1n) is 6.61. The van der Waals surface area contributed by atoms with Gasteiger partial charge in [-0.2, -0.15) is 11.8 Å². The number of benzene rings is 1. The fraction of sp³-hybridized carbons (Fsp3) is 0.600. The van der Waals surface area contributed by atoms with Crippen LogP contribution >= 0.6 is 11.8 Å². The highest BCUT2D eigenvalue weighted by Crippen LogP contribution is 2.27. The third kappa shape index (κ3) is 3.26. The molecule has 0 bridgehead atoms. The van der Waals surface area contributed by atoms with Crippen molar-refractivity contribution in [2.24, 2.45) is 0 Å². The van der Waals surface area contributed by atoms with E-state index in [1.54, 1.807) is 0 Å². The molecular formula is C15H23NS. The molecule has 1 aromatic carbocycles. The lowest BCUT2D eigenvalue weighted by atomic mass is 10.00. The number of hydrogen-bond donors (Lipinski definition) is 1. The zero-order valence-corrected chi connectivity index (χ0v) is 11.9. The molecule has 1 aliphatic heterocycles. The second-order valence-electron chi connectivity index (χ2n) is 5.07. The van der Waals surface area contributed by atoms with Crippen molar-refractivity contribution in [2.45, 2.75) is 50.9 Å². The Labute approximate surface area is 109 Å². The third-order valence-corrected chi connectivity index (χ3v) is 5.10. The van der Waals surface area contributed by atoms with E-state index in [0.717, 1.165) is 5.25 Å². The van der Waals surface area contributed by atoms with Crippen molar-refractivity contribution in [3.63, 3.8) is 0 Å². The lowest BCUT2D eigenvalue weighted by Crippen LogP contribution is -2.40. The lowest BCUT2D eigenvalue weighted by molar-refractivity contribution is 0.416. The third-order valence-electron chi connectivity index (χ3n) is 3.73. The van der Waals surface area contributed by atoms with E-state index in [1.807, 2.05) is 0 Å². The van der Waals surface area contributed by atoms with Gasteiger partial charge in [0.2, 0.25) is 0 Å². The molecule has 94 valence electrons. The van der Waals surface area contributed by atoms with E-state index in [4.69, 9.17) is 0 Å². The lowest BCUT2D eigenvalue weighted by Gasteiger charge is -2.32. The highest BCUT2D eigenvalue weighted by Gasteiger charge is 2.23. The first kappa shape index (κ1) is 13.0. The smallest absolute Gasteiger partial charge is 0.0297 e. The summed E-state index contributed by atoms with van der Waals surface area (Å²) in [7, 11) is 0. The normalized spacial score (nSPS) is 26.8. The zero-order valence-electron chi connectivity index (χ0n) is 11.1. The van der Waals surface area contributed by atoms with Crippen LogP contribution < -0.4 is 5.32 Å². The molecule has 17 heavy (non-hydrogen) atoms. The van der Waals surface area contributed by atoms with Crippen LogP contribution in [-0.2, 0) is 0 Å². The molecule has 0 aromatic heterocycles. The van der Waals surface area contributed by atoms with Gasteiger partial charge < -0.3 is 5.32 Å². The fourth-order valence-corrected chi connectivity index (χ4v) is 3.78. The second-order valence-corrected chi connectivity index (χ2v) is 6.55. The van der Waals surface area contributed by atoms with Crippen LogP contribution in [0.1, 0.15) is 43.9 Å². The first-order valence-corrected chi connectivity index (χ1v) is 7.66. The quantitative estimate of drug-likeness (QED) is 0.871. The molecule has 2 rings (SSSR count). The Morgan fingerprint density at radius 3 is 2.82 bits per heavy atom. The standard InChI is InChI=1S/C15H23NS/c1-11-7-4-5-8-14(11)12(2)16-15-9-6-10-17-13(15)3/h4-5,7-8,12-13,15-16H,6,9-10H2,1-3H3/t12-,13?,15?/m1/s1. The highest BCUT2D eigenvalue weighted by molar-refractivity contribution is 7.99. The fourth-order valence-electron chi connectivity index (χ4n) is 2.63. The van der Waals surface area contributed by atoms with Crippen LogP contribution in [0.3, 0.4) is 0 Å². The molecule has 3 atom stereocenters. The molecular weight excluding hydrogens is 226 g/mol. The molecule has 1 aromatic rings. The summed E-state index contributed by atoms with van der Waals surface area (Å²) in [6.07, 6.45) is 2.68. The summed E-state index contributed by atoms with van der Waals surface area (Å²) in [6, 6.07) is 9.83. The van der Waals surface area contributed by atoms with Crippen LogP contribution in [0.15, 0.2) is 24.3 Å². The van der Waals surface area contributed by atoms with E-state index in [9.17, 15) is 0 Å². The van der Waals surface area contributed by atoms with Gasteiger partial charge in [0.25, 0.3) is 0 Å². The minimum absolute atomic E-state index is 0.461. The van der Waals surface area contributed by atoms with Gasteiger partial charge in [-0.15, -0.1) is 0 Å².